The minimum absolute atomic E-state index is 0.0479. The van der Waals surface area contributed by atoms with E-state index in [1.807, 2.05) is 30.3 Å². The van der Waals surface area contributed by atoms with E-state index in [1.54, 1.807) is 12.3 Å². The van der Waals surface area contributed by atoms with E-state index in [4.69, 9.17) is 10.3 Å². The molecule has 0 aliphatic heterocycles. The molecule has 2 aromatic rings. The van der Waals surface area contributed by atoms with Crippen molar-refractivity contribution in [3.63, 3.8) is 0 Å². The topological polar surface area (TPSA) is 76.2 Å². The third kappa shape index (κ3) is 2.89. The van der Waals surface area contributed by atoms with Crippen molar-refractivity contribution in [2.75, 3.05) is 5.73 Å². The minimum atomic E-state index is -1.87. The fourth-order valence-electron chi connectivity index (χ4n) is 1.59. The molecule has 2 rings (SSSR count). The summed E-state index contributed by atoms with van der Waals surface area (Å²) in [7, 11) is 0. The van der Waals surface area contributed by atoms with E-state index in [-0.39, 0.29) is 5.75 Å². The molecule has 17 heavy (non-hydrogen) atoms. The first kappa shape index (κ1) is 11.8. The van der Waals surface area contributed by atoms with Gasteiger partial charge in [0.25, 0.3) is 0 Å². The lowest BCUT2D eigenvalue weighted by Crippen LogP contribution is -1.99. The molecule has 0 saturated heterocycles. The largest absolute Gasteiger partial charge is 0.397 e. The molecule has 5 heteroatoms. The van der Waals surface area contributed by atoms with Gasteiger partial charge in [-0.05, 0) is 11.6 Å². The minimum Gasteiger partial charge on any atom is -0.397 e. The molecule has 1 heterocycles. The van der Waals surface area contributed by atoms with Gasteiger partial charge < -0.3 is 10.3 Å². The zero-order valence-corrected chi connectivity index (χ0v) is 9.85. The Morgan fingerprint density at radius 2 is 2.00 bits per heavy atom. The van der Waals surface area contributed by atoms with E-state index in [1.165, 1.54) is 0 Å². The maximum absolute atomic E-state index is 10.7. The van der Waals surface area contributed by atoms with Crippen LogP contribution in [0.1, 0.15) is 5.56 Å². The summed E-state index contributed by atoms with van der Waals surface area (Å²) in [5, 5.41) is 0. The highest BCUT2D eigenvalue weighted by atomic mass is 32.2. The molecule has 0 aliphatic carbocycles. The molecule has 0 aliphatic rings. The van der Waals surface area contributed by atoms with Crippen molar-refractivity contribution < 1.29 is 8.76 Å². The number of rotatable bonds is 3. The number of pyridine rings is 1. The molecule has 4 nitrogen and oxygen atoms in total. The summed E-state index contributed by atoms with van der Waals surface area (Å²) < 4.78 is 19.5. The first-order valence-electron chi connectivity index (χ1n) is 5.04. The molecular weight excluding hydrogens is 236 g/mol. The number of aromatic nitrogens is 1. The Bertz CT molecular complexity index is 543. The van der Waals surface area contributed by atoms with Gasteiger partial charge in [-0.2, -0.15) is 0 Å². The second-order valence-corrected chi connectivity index (χ2v) is 4.54. The smallest absolute Gasteiger partial charge is 0.157 e. The molecule has 0 spiro atoms. The zero-order valence-electron chi connectivity index (χ0n) is 9.04. The van der Waals surface area contributed by atoms with Crippen LogP contribution in [0.2, 0.25) is 0 Å². The second-order valence-electron chi connectivity index (χ2n) is 3.61. The van der Waals surface area contributed by atoms with Gasteiger partial charge >= 0.3 is 0 Å². The normalized spacial score (nSPS) is 12.3. The fourth-order valence-corrected chi connectivity index (χ4v) is 2.03. The van der Waals surface area contributed by atoms with Gasteiger partial charge in [-0.3, -0.25) is 4.98 Å². The summed E-state index contributed by atoms with van der Waals surface area (Å²) in [5.41, 5.74) is 8.68. The number of nitrogens with two attached hydrogens (primary N) is 1. The lowest BCUT2D eigenvalue weighted by Gasteiger charge is -2.06. The molecule has 0 bridgehead atoms. The van der Waals surface area contributed by atoms with Crippen molar-refractivity contribution in [1.82, 2.24) is 4.98 Å². The van der Waals surface area contributed by atoms with Gasteiger partial charge in [-0.15, -0.1) is 0 Å². The molecule has 1 atom stereocenters. The summed E-state index contributed by atoms with van der Waals surface area (Å²) in [4.78, 5) is 4.23. The highest BCUT2D eigenvalue weighted by molar-refractivity contribution is 7.78. The summed E-state index contributed by atoms with van der Waals surface area (Å²) in [6.45, 7) is 0. The van der Waals surface area contributed by atoms with Crippen molar-refractivity contribution in [1.29, 1.82) is 0 Å². The average Bonchev–Trinajstić information content (AvgIpc) is 2.29. The Labute approximate surface area is 102 Å². The Kier molecular flexibility index (Phi) is 3.51. The quantitative estimate of drug-likeness (QED) is 0.815. The van der Waals surface area contributed by atoms with E-state index < -0.39 is 11.1 Å². The molecule has 0 amide bonds. The van der Waals surface area contributed by atoms with Gasteiger partial charge in [0.2, 0.25) is 0 Å². The van der Waals surface area contributed by atoms with Crippen LogP contribution < -0.4 is 5.73 Å². The van der Waals surface area contributed by atoms with Crippen molar-refractivity contribution in [3.05, 3.63) is 48.2 Å². The van der Waals surface area contributed by atoms with Crippen LogP contribution in [0.25, 0.3) is 11.3 Å². The molecule has 3 N–H and O–H groups in total. The Balaban J connectivity index is 2.35. The van der Waals surface area contributed by atoms with Crippen LogP contribution in [0, 0.1) is 0 Å². The summed E-state index contributed by atoms with van der Waals surface area (Å²) in [6.07, 6.45) is 1.58. The highest BCUT2D eigenvalue weighted by Gasteiger charge is 2.06. The van der Waals surface area contributed by atoms with E-state index in [2.05, 4.69) is 4.98 Å². The van der Waals surface area contributed by atoms with Crippen LogP contribution in [0.4, 0.5) is 5.69 Å². The van der Waals surface area contributed by atoms with Gasteiger partial charge in [0, 0.05) is 11.8 Å². The molecular formula is C12H12N2O2S. The predicted octanol–water partition coefficient (Wildman–Crippen LogP) is 2.05. The lowest BCUT2D eigenvalue weighted by atomic mass is 10.1. The molecule has 0 fully saturated rings. The molecule has 1 aromatic carbocycles. The SMILES string of the molecule is Nc1cc(CS(=O)O)cnc1-c1ccccc1. The van der Waals surface area contributed by atoms with Crippen LogP contribution in [0.5, 0.6) is 0 Å². The number of hydrogen-bond acceptors (Lipinski definition) is 3. The molecule has 88 valence electrons. The predicted molar refractivity (Wildman–Crippen MR) is 68.6 cm³/mol. The molecule has 1 aromatic heterocycles. The van der Waals surface area contributed by atoms with Crippen molar-refractivity contribution >= 4 is 16.8 Å². The Morgan fingerprint density at radius 3 is 2.59 bits per heavy atom. The third-order valence-corrected chi connectivity index (χ3v) is 2.89. The van der Waals surface area contributed by atoms with Crippen molar-refractivity contribution in [3.8, 4) is 11.3 Å². The van der Waals surface area contributed by atoms with Gasteiger partial charge in [0.1, 0.15) is 0 Å². The van der Waals surface area contributed by atoms with Gasteiger partial charge in [0.05, 0.1) is 17.1 Å². The van der Waals surface area contributed by atoms with Crippen LogP contribution in [0.3, 0.4) is 0 Å². The zero-order chi connectivity index (χ0) is 12.3. The van der Waals surface area contributed by atoms with Crippen molar-refractivity contribution in [2.45, 2.75) is 5.75 Å². The van der Waals surface area contributed by atoms with Crippen LogP contribution in [-0.4, -0.2) is 13.7 Å². The van der Waals surface area contributed by atoms with Crippen LogP contribution in [0.15, 0.2) is 42.6 Å². The van der Waals surface area contributed by atoms with E-state index in [9.17, 15) is 4.21 Å². The molecule has 1 unspecified atom stereocenters. The lowest BCUT2D eigenvalue weighted by molar-refractivity contribution is 0.563. The first-order valence-corrected chi connectivity index (χ1v) is 6.31. The average molecular weight is 248 g/mol. The Hall–Kier alpha value is -1.72. The summed E-state index contributed by atoms with van der Waals surface area (Å²) in [6, 6.07) is 11.3. The number of nitrogen functional groups attached to an aromatic ring is 1. The van der Waals surface area contributed by atoms with Crippen LogP contribution >= 0.6 is 0 Å². The third-order valence-electron chi connectivity index (χ3n) is 2.31. The second kappa shape index (κ2) is 5.07. The molecule has 0 radical (unpaired) electrons. The summed E-state index contributed by atoms with van der Waals surface area (Å²) >= 11 is -1.87. The van der Waals surface area contributed by atoms with Crippen molar-refractivity contribution in [2.24, 2.45) is 0 Å². The van der Waals surface area contributed by atoms with E-state index >= 15 is 0 Å². The number of anilines is 1. The van der Waals surface area contributed by atoms with E-state index in [0.717, 1.165) is 5.56 Å². The first-order chi connectivity index (χ1) is 8.16. The fraction of sp³-hybridized carbons (Fsp3) is 0.0833. The van der Waals surface area contributed by atoms with E-state index in [0.29, 0.717) is 16.9 Å². The number of benzene rings is 1. The Morgan fingerprint density at radius 1 is 1.29 bits per heavy atom. The maximum atomic E-state index is 10.7. The number of nitrogens with zero attached hydrogens (tertiary/aromatic N) is 1. The molecule has 0 saturated carbocycles. The standard InChI is InChI=1S/C12H12N2O2S/c13-11-6-9(8-17(15)16)7-14-12(11)10-4-2-1-3-5-10/h1-7H,8,13H2,(H,15,16). The van der Waals surface area contributed by atoms with Crippen LogP contribution in [-0.2, 0) is 16.8 Å². The monoisotopic (exact) mass is 248 g/mol. The van der Waals surface area contributed by atoms with Gasteiger partial charge in [-0.25, -0.2) is 4.21 Å². The van der Waals surface area contributed by atoms with Gasteiger partial charge in [-0.1, -0.05) is 30.3 Å². The number of hydrogen-bond donors (Lipinski definition) is 2. The summed E-state index contributed by atoms with van der Waals surface area (Å²) in [5.74, 6) is 0.0479. The maximum Gasteiger partial charge on any atom is 0.157 e. The van der Waals surface area contributed by atoms with Gasteiger partial charge in [0.15, 0.2) is 11.1 Å². The highest BCUT2D eigenvalue weighted by Crippen LogP contribution is 2.23.